The minimum Gasteiger partial charge on any atom is -0.497 e. The first-order valence-corrected chi connectivity index (χ1v) is 9.28. The van der Waals surface area contributed by atoms with Crippen LogP contribution in [0.2, 0.25) is 0 Å². The number of amides is 2. The van der Waals surface area contributed by atoms with Gasteiger partial charge in [-0.05, 0) is 42.0 Å². The van der Waals surface area contributed by atoms with E-state index in [0.717, 1.165) is 5.56 Å². The Morgan fingerprint density at radius 1 is 1.03 bits per heavy atom. The number of nitrogens with one attached hydrogen (secondary N) is 4. The number of hydrazine groups is 2. The molecular weight excluding hydrogens is 376 g/mol. The van der Waals surface area contributed by atoms with E-state index in [2.05, 4.69) is 21.7 Å². The fourth-order valence-electron chi connectivity index (χ4n) is 3.34. The van der Waals surface area contributed by atoms with E-state index in [1.807, 2.05) is 18.2 Å². The second-order valence-corrected chi connectivity index (χ2v) is 6.68. The number of carbonyl (C=O) groups excluding carboxylic acids is 2. The number of fused-ring (bicyclic) bond motifs is 1. The molecule has 152 valence electrons. The van der Waals surface area contributed by atoms with Crippen LogP contribution in [-0.2, 0) is 4.79 Å². The van der Waals surface area contributed by atoms with Crippen molar-refractivity contribution in [1.82, 2.24) is 21.7 Å². The van der Waals surface area contributed by atoms with Crippen LogP contribution < -0.4 is 35.9 Å². The van der Waals surface area contributed by atoms with Crippen molar-refractivity contribution < 1.29 is 23.8 Å². The monoisotopic (exact) mass is 398 g/mol. The lowest BCUT2D eigenvalue weighted by Gasteiger charge is -2.22. The van der Waals surface area contributed by atoms with E-state index >= 15 is 0 Å². The Morgan fingerprint density at radius 2 is 1.79 bits per heavy atom. The van der Waals surface area contributed by atoms with Crippen LogP contribution in [0.5, 0.6) is 17.2 Å². The number of benzene rings is 2. The van der Waals surface area contributed by atoms with Crippen molar-refractivity contribution in [1.29, 1.82) is 0 Å². The summed E-state index contributed by atoms with van der Waals surface area (Å²) in [5.74, 6) is 0.873. The van der Waals surface area contributed by atoms with Crippen molar-refractivity contribution in [2.45, 2.75) is 6.04 Å². The first-order chi connectivity index (χ1) is 14.2. The summed E-state index contributed by atoms with van der Waals surface area (Å²) in [6.45, 7) is 1.44. The molecule has 2 atom stereocenters. The lowest BCUT2D eigenvalue weighted by molar-refractivity contribution is -0.125. The molecule has 4 N–H and O–H groups in total. The maximum Gasteiger partial charge on any atom is 0.269 e. The third kappa shape index (κ3) is 4.10. The van der Waals surface area contributed by atoms with Crippen molar-refractivity contribution in [2.24, 2.45) is 5.92 Å². The smallest absolute Gasteiger partial charge is 0.269 e. The van der Waals surface area contributed by atoms with Gasteiger partial charge >= 0.3 is 0 Å². The zero-order valence-electron chi connectivity index (χ0n) is 15.9. The molecule has 2 heterocycles. The fourth-order valence-corrected chi connectivity index (χ4v) is 3.34. The molecule has 29 heavy (non-hydrogen) atoms. The molecule has 2 aliphatic rings. The molecule has 4 rings (SSSR count). The van der Waals surface area contributed by atoms with Crippen molar-refractivity contribution in [3.8, 4) is 17.2 Å². The molecule has 2 aromatic carbocycles. The van der Waals surface area contributed by atoms with Crippen LogP contribution in [0.25, 0.3) is 0 Å². The van der Waals surface area contributed by atoms with Gasteiger partial charge in [0.15, 0.2) is 11.5 Å². The van der Waals surface area contributed by atoms with Gasteiger partial charge < -0.3 is 14.2 Å². The first-order valence-electron chi connectivity index (χ1n) is 9.28. The molecule has 0 aromatic heterocycles. The summed E-state index contributed by atoms with van der Waals surface area (Å²) < 4.78 is 16.2. The van der Waals surface area contributed by atoms with Gasteiger partial charge in [-0.15, -0.1) is 0 Å². The summed E-state index contributed by atoms with van der Waals surface area (Å²) in [5.41, 5.74) is 12.4. The Kier molecular flexibility index (Phi) is 5.50. The van der Waals surface area contributed by atoms with Crippen molar-refractivity contribution in [2.75, 3.05) is 26.9 Å². The Hall–Kier alpha value is -3.30. The quantitative estimate of drug-likeness (QED) is 0.561. The zero-order valence-corrected chi connectivity index (χ0v) is 15.9. The molecule has 1 saturated heterocycles. The Morgan fingerprint density at radius 3 is 2.55 bits per heavy atom. The third-order valence-electron chi connectivity index (χ3n) is 4.90. The predicted octanol–water partition coefficient (Wildman–Crippen LogP) is 0.693. The number of ether oxygens (including phenoxy) is 3. The Balaban J connectivity index is 1.39. The van der Waals surface area contributed by atoms with Gasteiger partial charge in [0.25, 0.3) is 5.91 Å². The number of rotatable bonds is 4. The minimum atomic E-state index is -0.422. The fraction of sp³-hybridized carbons (Fsp3) is 0.300. The molecule has 2 aromatic rings. The average Bonchev–Trinajstić information content (AvgIpc) is 3.27. The van der Waals surface area contributed by atoms with Crippen LogP contribution in [0.15, 0.2) is 42.5 Å². The van der Waals surface area contributed by atoms with Gasteiger partial charge in [0, 0.05) is 12.1 Å². The molecule has 0 bridgehead atoms. The maximum absolute atomic E-state index is 12.7. The SMILES string of the molecule is COc1ccc(C(=O)NNC(=O)C2CNNC2c2ccc3c(c2)OCCO3)cc1. The average molecular weight is 398 g/mol. The molecule has 9 nitrogen and oxygen atoms in total. The van der Waals surface area contributed by atoms with Crippen LogP contribution in [0, 0.1) is 5.92 Å². The summed E-state index contributed by atoms with van der Waals surface area (Å²) in [4.78, 5) is 24.9. The summed E-state index contributed by atoms with van der Waals surface area (Å²) in [7, 11) is 1.55. The molecule has 0 spiro atoms. The van der Waals surface area contributed by atoms with E-state index in [0.29, 0.717) is 42.6 Å². The predicted molar refractivity (Wildman–Crippen MR) is 103 cm³/mol. The van der Waals surface area contributed by atoms with Crippen LogP contribution in [0.1, 0.15) is 22.0 Å². The maximum atomic E-state index is 12.7. The molecule has 0 aliphatic carbocycles. The molecule has 2 amide bonds. The Bertz CT molecular complexity index is 902. The zero-order chi connectivity index (χ0) is 20.2. The standard InChI is InChI=1S/C20H22N4O5/c1-27-14-5-2-12(3-6-14)19(25)23-24-20(26)15-11-21-22-18(15)13-4-7-16-17(10-13)29-9-8-28-16/h2-7,10,15,18,21-22H,8-9,11H2,1H3,(H,23,25)(H,24,26). The van der Waals surface area contributed by atoms with Gasteiger partial charge in [-0.25, -0.2) is 5.43 Å². The van der Waals surface area contributed by atoms with Crippen LogP contribution in [-0.4, -0.2) is 38.7 Å². The summed E-state index contributed by atoms with van der Waals surface area (Å²) >= 11 is 0. The van der Waals surface area contributed by atoms with Crippen molar-refractivity contribution in [3.05, 3.63) is 53.6 Å². The molecule has 1 fully saturated rings. The summed E-state index contributed by atoms with van der Waals surface area (Å²) in [6, 6.07) is 11.9. The van der Waals surface area contributed by atoms with E-state index in [1.165, 1.54) is 0 Å². The van der Waals surface area contributed by atoms with Crippen LogP contribution in [0.3, 0.4) is 0 Å². The topological polar surface area (TPSA) is 110 Å². The van der Waals surface area contributed by atoms with E-state index < -0.39 is 11.8 Å². The van der Waals surface area contributed by atoms with Crippen molar-refractivity contribution in [3.63, 3.8) is 0 Å². The number of hydrogen-bond donors (Lipinski definition) is 4. The second kappa shape index (κ2) is 8.38. The van der Waals surface area contributed by atoms with Gasteiger partial charge in [-0.2, -0.15) is 0 Å². The number of methoxy groups -OCH3 is 1. The van der Waals surface area contributed by atoms with E-state index in [9.17, 15) is 9.59 Å². The minimum absolute atomic E-state index is 0.274. The summed E-state index contributed by atoms with van der Waals surface area (Å²) in [6.07, 6.45) is 0. The largest absolute Gasteiger partial charge is 0.497 e. The van der Waals surface area contributed by atoms with Crippen LogP contribution in [0.4, 0.5) is 0 Å². The highest BCUT2D eigenvalue weighted by Crippen LogP contribution is 2.35. The third-order valence-corrected chi connectivity index (χ3v) is 4.90. The lowest BCUT2D eigenvalue weighted by atomic mass is 9.94. The molecular formula is C20H22N4O5. The van der Waals surface area contributed by atoms with Gasteiger partial charge in [-0.1, -0.05) is 6.07 Å². The number of hydrogen-bond acceptors (Lipinski definition) is 7. The summed E-state index contributed by atoms with van der Waals surface area (Å²) in [5, 5.41) is 0. The van der Waals surface area contributed by atoms with Gasteiger partial charge in [0.2, 0.25) is 5.91 Å². The van der Waals surface area contributed by atoms with E-state index in [4.69, 9.17) is 14.2 Å². The second-order valence-electron chi connectivity index (χ2n) is 6.68. The first kappa shape index (κ1) is 19.0. The molecule has 2 unspecified atom stereocenters. The van der Waals surface area contributed by atoms with E-state index in [-0.39, 0.29) is 11.9 Å². The highest BCUT2D eigenvalue weighted by Gasteiger charge is 2.35. The van der Waals surface area contributed by atoms with Gasteiger partial charge in [0.05, 0.1) is 19.1 Å². The van der Waals surface area contributed by atoms with Crippen LogP contribution >= 0.6 is 0 Å². The normalized spacial score (nSPS) is 20.0. The highest BCUT2D eigenvalue weighted by molar-refractivity contribution is 5.95. The van der Waals surface area contributed by atoms with Gasteiger partial charge in [-0.3, -0.25) is 25.9 Å². The molecule has 0 saturated carbocycles. The molecule has 0 radical (unpaired) electrons. The van der Waals surface area contributed by atoms with Gasteiger partial charge in [0.1, 0.15) is 19.0 Å². The molecule has 9 heteroatoms. The van der Waals surface area contributed by atoms with E-state index in [1.54, 1.807) is 31.4 Å². The number of carbonyl (C=O) groups is 2. The highest BCUT2D eigenvalue weighted by atomic mass is 16.6. The van der Waals surface area contributed by atoms with Crippen molar-refractivity contribution >= 4 is 11.8 Å². The lowest BCUT2D eigenvalue weighted by Crippen LogP contribution is -2.46. The molecule has 2 aliphatic heterocycles. The Labute approximate surface area is 167 Å².